The molecule has 2 atom stereocenters. The lowest BCUT2D eigenvalue weighted by atomic mass is 10.1. The molecule has 0 fully saturated rings. The average Bonchev–Trinajstić information content (AvgIpc) is 2.50. The van der Waals surface area contributed by atoms with Gasteiger partial charge in [0.15, 0.2) is 6.10 Å². The monoisotopic (exact) mass is 306 g/mol. The number of fused-ring (bicyclic) bond motifs is 1. The molecule has 1 amide bonds. The summed E-state index contributed by atoms with van der Waals surface area (Å²) in [6.07, 6.45) is 0.343. The zero-order chi connectivity index (χ0) is 16.3. The summed E-state index contributed by atoms with van der Waals surface area (Å²) in [5, 5.41) is 0. The maximum Gasteiger partial charge on any atom is 0.329 e. The molecule has 120 valence electrons. The van der Waals surface area contributed by atoms with E-state index in [4.69, 9.17) is 15.2 Å². The molecule has 0 spiro atoms. The number of nitrogens with zero attached hydrogens (tertiary/aromatic N) is 1. The zero-order valence-corrected chi connectivity index (χ0v) is 13.2. The van der Waals surface area contributed by atoms with Gasteiger partial charge < -0.3 is 15.2 Å². The number of anilines is 2. The van der Waals surface area contributed by atoms with E-state index < -0.39 is 18.1 Å². The van der Waals surface area contributed by atoms with Crippen LogP contribution in [0.25, 0.3) is 0 Å². The minimum absolute atomic E-state index is 0.257. The summed E-state index contributed by atoms with van der Waals surface area (Å²) in [5.41, 5.74) is 6.88. The molecule has 1 aliphatic heterocycles. The van der Waals surface area contributed by atoms with Gasteiger partial charge in [0.1, 0.15) is 17.5 Å². The smallest absolute Gasteiger partial charge is 0.329 e. The van der Waals surface area contributed by atoms with E-state index in [1.807, 2.05) is 13.8 Å². The summed E-state index contributed by atoms with van der Waals surface area (Å²) in [5.74, 6) is -0.161. The summed E-state index contributed by atoms with van der Waals surface area (Å²) in [7, 11) is 0. The fourth-order valence-electron chi connectivity index (χ4n) is 2.62. The van der Waals surface area contributed by atoms with Gasteiger partial charge in [-0.2, -0.15) is 0 Å². The third-order valence-corrected chi connectivity index (χ3v) is 3.68. The fraction of sp³-hybridized carbons (Fsp3) is 0.500. The Morgan fingerprint density at radius 3 is 2.73 bits per heavy atom. The van der Waals surface area contributed by atoms with Gasteiger partial charge in [0.2, 0.25) is 0 Å². The standard InChI is InChI=1S/C16H22N2O4/c1-4-11(16(20)21-6-3)18-14-10(17)8-7-9-13(14)22-12(5-2)15(18)19/h7-9,11-12H,4-6,17H2,1-3H3. The Bertz CT molecular complexity index is 573. The number of ether oxygens (including phenoxy) is 2. The third kappa shape index (κ3) is 2.73. The maximum absolute atomic E-state index is 12.7. The Hall–Kier alpha value is -2.24. The van der Waals surface area contributed by atoms with E-state index in [1.165, 1.54) is 4.90 Å². The van der Waals surface area contributed by atoms with Gasteiger partial charge >= 0.3 is 5.97 Å². The first kappa shape index (κ1) is 16.1. The Morgan fingerprint density at radius 1 is 1.41 bits per heavy atom. The van der Waals surface area contributed by atoms with Crippen LogP contribution in [0.4, 0.5) is 11.4 Å². The molecule has 0 bridgehead atoms. The molecule has 22 heavy (non-hydrogen) atoms. The van der Waals surface area contributed by atoms with Crippen LogP contribution in [0.2, 0.25) is 0 Å². The van der Waals surface area contributed by atoms with Gasteiger partial charge in [0.05, 0.1) is 12.3 Å². The van der Waals surface area contributed by atoms with Gasteiger partial charge in [-0.25, -0.2) is 4.79 Å². The molecular formula is C16H22N2O4. The molecule has 1 aromatic rings. The number of esters is 1. The molecule has 2 unspecified atom stereocenters. The maximum atomic E-state index is 12.7. The molecule has 0 saturated heterocycles. The predicted octanol–water partition coefficient (Wildman–Crippen LogP) is 2.11. The second kappa shape index (κ2) is 6.68. The molecule has 0 aromatic heterocycles. The van der Waals surface area contributed by atoms with Crippen molar-refractivity contribution in [1.29, 1.82) is 0 Å². The van der Waals surface area contributed by atoms with Crippen LogP contribution in [-0.4, -0.2) is 30.6 Å². The number of para-hydroxylation sites is 1. The van der Waals surface area contributed by atoms with Crippen molar-refractivity contribution in [2.45, 2.75) is 45.8 Å². The van der Waals surface area contributed by atoms with Crippen molar-refractivity contribution in [3.63, 3.8) is 0 Å². The van der Waals surface area contributed by atoms with Crippen molar-refractivity contribution in [3.05, 3.63) is 18.2 Å². The number of nitrogens with two attached hydrogens (primary N) is 1. The van der Waals surface area contributed by atoms with Gasteiger partial charge in [-0.1, -0.05) is 19.9 Å². The lowest BCUT2D eigenvalue weighted by Gasteiger charge is -2.38. The van der Waals surface area contributed by atoms with Gasteiger partial charge in [0.25, 0.3) is 5.91 Å². The normalized spacial score (nSPS) is 18.4. The van der Waals surface area contributed by atoms with Crippen LogP contribution >= 0.6 is 0 Å². The fourth-order valence-corrected chi connectivity index (χ4v) is 2.62. The quantitative estimate of drug-likeness (QED) is 0.665. The molecule has 6 nitrogen and oxygen atoms in total. The van der Waals surface area contributed by atoms with Crippen molar-refractivity contribution >= 4 is 23.3 Å². The van der Waals surface area contributed by atoms with Crippen molar-refractivity contribution in [3.8, 4) is 5.75 Å². The lowest BCUT2D eigenvalue weighted by molar-refractivity contribution is -0.146. The lowest BCUT2D eigenvalue weighted by Crippen LogP contribution is -2.53. The summed E-state index contributed by atoms with van der Waals surface area (Å²) in [6, 6.07) is 4.51. The SMILES string of the molecule is CCOC(=O)C(CC)N1C(=O)C(CC)Oc2cccc(N)c21. The summed E-state index contributed by atoms with van der Waals surface area (Å²) in [4.78, 5) is 26.4. The van der Waals surface area contributed by atoms with Crippen LogP contribution in [0.15, 0.2) is 18.2 Å². The highest BCUT2D eigenvalue weighted by Crippen LogP contribution is 2.41. The van der Waals surface area contributed by atoms with Gasteiger partial charge in [-0.15, -0.1) is 0 Å². The Morgan fingerprint density at radius 2 is 2.14 bits per heavy atom. The molecule has 2 rings (SSSR count). The molecule has 1 aromatic carbocycles. The number of carbonyl (C=O) groups excluding carboxylic acids is 2. The van der Waals surface area contributed by atoms with Crippen LogP contribution in [0, 0.1) is 0 Å². The summed E-state index contributed by atoms with van der Waals surface area (Å²) < 4.78 is 10.8. The minimum Gasteiger partial charge on any atom is -0.478 e. The van der Waals surface area contributed by atoms with Crippen LogP contribution in [0.1, 0.15) is 33.6 Å². The second-order valence-corrected chi connectivity index (χ2v) is 5.09. The Labute approximate surface area is 130 Å². The van der Waals surface area contributed by atoms with Gasteiger partial charge in [-0.05, 0) is 31.9 Å². The van der Waals surface area contributed by atoms with E-state index in [0.29, 0.717) is 30.0 Å². The highest BCUT2D eigenvalue weighted by atomic mass is 16.5. The highest BCUT2D eigenvalue weighted by molar-refractivity contribution is 6.07. The topological polar surface area (TPSA) is 81.9 Å². The predicted molar refractivity (Wildman–Crippen MR) is 83.8 cm³/mol. The van der Waals surface area contributed by atoms with Crippen LogP contribution in [0.5, 0.6) is 5.75 Å². The van der Waals surface area contributed by atoms with Crippen LogP contribution < -0.4 is 15.4 Å². The number of hydrogen-bond acceptors (Lipinski definition) is 5. The minimum atomic E-state index is -0.700. The number of hydrogen-bond donors (Lipinski definition) is 1. The number of rotatable bonds is 5. The van der Waals surface area contributed by atoms with E-state index >= 15 is 0 Å². The Kier molecular flexibility index (Phi) is 4.90. The molecule has 0 saturated carbocycles. The largest absolute Gasteiger partial charge is 0.478 e. The molecule has 0 radical (unpaired) electrons. The van der Waals surface area contributed by atoms with E-state index in [0.717, 1.165) is 0 Å². The third-order valence-electron chi connectivity index (χ3n) is 3.68. The molecule has 1 heterocycles. The number of nitrogen functional groups attached to an aromatic ring is 1. The number of amides is 1. The van der Waals surface area contributed by atoms with Gasteiger partial charge in [0, 0.05) is 0 Å². The summed E-state index contributed by atoms with van der Waals surface area (Å²) >= 11 is 0. The van der Waals surface area contributed by atoms with E-state index in [-0.39, 0.29) is 12.5 Å². The molecule has 0 aliphatic carbocycles. The molecule has 2 N–H and O–H groups in total. The van der Waals surface area contributed by atoms with Crippen LogP contribution in [0.3, 0.4) is 0 Å². The summed E-state index contributed by atoms with van der Waals surface area (Å²) in [6.45, 7) is 5.71. The first-order chi connectivity index (χ1) is 10.5. The molecular weight excluding hydrogens is 284 g/mol. The molecule has 6 heteroatoms. The number of benzene rings is 1. The first-order valence-corrected chi connectivity index (χ1v) is 7.59. The second-order valence-electron chi connectivity index (χ2n) is 5.09. The zero-order valence-electron chi connectivity index (χ0n) is 13.2. The van der Waals surface area contributed by atoms with Crippen molar-refractivity contribution < 1.29 is 19.1 Å². The van der Waals surface area contributed by atoms with Crippen molar-refractivity contribution in [2.75, 3.05) is 17.2 Å². The van der Waals surface area contributed by atoms with E-state index in [9.17, 15) is 9.59 Å². The van der Waals surface area contributed by atoms with Crippen molar-refractivity contribution in [2.24, 2.45) is 0 Å². The van der Waals surface area contributed by atoms with E-state index in [2.05, 4.69) is 0 Å². The highest BCUT2D eigenvalue weighted by Gasteiger charge is 2.41. The molecule has 1 aliphatic rings. The van der Waals surface area contributed by atoms with Crippen LogP contribution in [-0.2, 0) is 14.3 Å². The first-order valence-electron chi connectivity index (χ1n) is 7.59. The number of carbonyl (C=O) groups is 2. The Balaban J connectivity index is 2.51. The van der Waals surface area contributed by atoms with E-state index in [1.54, 1.807) is 25.1 Å². The average molecular weight is 306 g/mol. The van der Waals surface area contributed by atoms with Crippen molar-refractivity contribution in [1.82, 2.24) is 0 Å². The van der Waals surface area contributed by atoms with Gasteiger partial charge in [-0.3, -0.25) is 9.69 Å².